The van der Waals surface area contributed by atoms with E-state index in [1.807, 2.05) is 12.3 Å². The van der Waals surface area contributed by atoms with E-state index in [2.05, 4.69) is 10.4 Å². The van der Waals surface area contributed by atoms with Gasteiger partial charge in [-0.2, -0.15) is 5.10 Å². The summed E-state index contributed by atoms with van der Waals surface area (Å²) in [5.41, 5.74) is 2.08. The number of nitrogens with zero attached hydrogens (tertiary/aromatic N) is 2. The average Bonchev–Trinajstić information content (AvgIpc) is 3.09. The van der Waals surface area contributed by atoms with Gasteiger partial charge in [-0.3, -0.25) is 9.48 Å². The van der Waals surface area contributed by atoms with Gasteiger partial charge in [0, 0.05) is 36.6 Å². The first-order chi connectivity index (χ1) is 10.2. The van der Waals surface area contributed by atoms with Gasteiger partial charge in [0.05, 0.1) is 5.56 Å². The smallest absolute Gasteiger partial charge is 0.338 e. The van der Waals surface area contributed by atoms with Crippen LogP contribution in [-0.2, 0) is 22.7 Å². The maximum atomic E-state index is 11.9. The van der Waals surface area contributed by atoms with Crippen LogP contribution in [0.2, 0.25) is 0 Å². The van der Waals surface area contributed by atoms with Crippen LogP contribution in [0.1, 0.15) is 28.8 Å². The standard InChI is InChI=1S/C15H15N3O3/c19-14(3-1-7-18-8-2-6-16-18)17-12-4-5-13-11(9-12)10-21-15(13)20/h2,4-6,8-9H,1,3,7,10H2,(H,17,19). The molecule has 0 unspecified atom stereocenters. The summed E-state index contributed by atoms with van der Waals surface area (Å²) in [7, 11) is 0. The van der Waals surface area contributed by atoms with E-state index in [9.17, 15) is 9.59 Å². The highest BCUT2D eigenvalue weighted by Crippen LogP contribution is 2.23. The molecule has 1 amide bonds. The monoisotopic (exact) mass is 285 g/mol. The van der Waals surface area contributed by atoms with E-state index >= 15 is 0 Å². The molecule has 1 aliphatic rings. The molecule has 2 aromatic rings. The number of carbonyl (C=O) groups excluding carboxylic acids is 2. The Balaban J connectivity index is 1.52. The van der Waals surface area contributed by atoms with Crippen LogP contribution in [0.15, 0.2) is 36.7 Å². The van der Waals surface area contributed by atoms with Crippen molar-refractivity contribution in [2.24, 2.45) is 0 Å². The van der Waals surface area contributed by atoms with Gasteiger partial charge in [0.1, 0.15) is 6.61 Å². The molecule has 2 heterocycles. The number of hydrogen-bond acceptors (Lipinski definition) is 4. The predicted octanol–water partition coefficient (Wildman–Crippen LogP) is 1.97. The Hall–Kier alpha value is -2.63. The molecule has 1 aliphatic heterocycles. The minimum Gasteiger partial charge on any atom is -0.457 e. The Kier molecular flexibility index (Phi) is 3.68. The van der Waals surface area contributed by atoms with Crippen molar-refractivity contribution in [2.75, 3.05) is 5.32 Å². The first kappa shape index (κ1) is 13.4. The Morgan fingerprint density at radius 2 is 2.33 bits per heavy atom. The molecule has 0 saturated carbocycles. The highest BCUT2D eigenvalue weighted by Gasteiger charge is 2.21. The lowest BCUT2D eigenvalue weighted by atomic mass is 10.1. The second-order valence-electron chi connectivity index (χ2n) is 4.87. The van der Waals surface area contributed by atoms with Crippen LogP contribution in [0.25, 0.3) is 0 Å². The number of cyclic esters (lactones) is 1. The van der Waals surface area contributed by atoms with Gasteiger partial charge in [0.15, 0.2) is 0 Å². The maximum absolute atomic E-state index is 11.9. The van der Waals surface area contributed by atoms with Crippen LogP contribution in [0.5, 0.6) is 0 Å². The molecule has 0 saturated heterocycles. The average molecular weight is 285 g/mol. The summed E-state index contributed by atoms with van der Waals surface area (Å²) >= 11 is 0. The Morgan fingerprint density at radius 1 is 1.43 bits per heavy atom. The fourth-order valence-corrected chi connectivity index (χ4v) is 2.27. The van der Waals surface area contributed by atoms with Crippen LogP contribution in [0, 0.1) is 0 Å². The lowest BCUT2D eigenvalue weighted by molar-refractivity contribution is -0.116. The van der Waals surface area contributed by atoms with Crippen LogP contribution in [0.4, 0.5) is 5.69 Å². The number of carbonyl (C=O) groups is 2. The third-order valence-corrected chi connectivity index (χ3v) is 3.32. The lowest BCUT2D eigenvalue weighted by Gasteiger charge is -2.06. The van der Waals surface area contributed by atoms with Gasteiger partial charge in [-0.1, -0.05) is 0 Å². The Bertz CT molecular complexity index is 665. The molecule has 0 atom stereocenters. The van der Waals surface area contributed by atoms with E-state index in [0.717, 1.165) is 12.0 Å². The van der Waals surface area contributed by atoms with Crippen molar-refractivity contribution in [3.8, 4) is 0 Å². The molecule has 108 valence electrons. The molecule has 6 heteroatoms. The number of nitrogens with one attached hydrogen (secondary N) is 1. The zero-order valence-corrected chi connectivity index (χ0v) is 11.4. The predicted molar refractivity (Wildman–Crippen MR) is 75.7 cm³/mol. The van der Waals surface area contributed by atoms with Gasteiger partial charge in [-0.05, 0) is 30.7 Å². The highest BCUT2D eigenvalue weighted by atomic mass is 16.5. The molecule has 0 radical (unpaired) electrons. The van der Waals surface area contributed by atoms with Gasteiger partial charge in [0.25, 0.3) is 0 Å². The summed E-state index contributed by atoms with van der Waals surface area (Å²) in [6.45, 7) is 0.990. The van der Waals surface area contributed by atoms with Crippen LogP contribution < -0.4 is 5.32 Å². The minimum absolute atomic E-state index is 0.0488. The molecular weight excluding hydrogens is 270 g/mol. The fourth-order valence-electron chi connectivity index (χ4n) is 2.27. The summed E-state index contributed by atoms with van der Waals surface area (Å²) in [5, 5.41) is 6.91. The van der Waals surface area contributed by atoms with Crippen molar-refractivity contribution in [2.45, 2.75) is 26.0 Å². The van der Waals surface area contributed by atoms with E-state index in [0.29, 0.717) is 24.2 Å². The number of hydrogen-bond donors (Lipinski definition) is 1. The van der Waals surface area contributed by atoms with E-state index in [1.54, 1.807) is 29.1 Å². The number of benzene rings is 1. The summed E-state index contributed by atoms with van der Waals surface area (Å²) in [4.78, 5) is 23.2. The number of aromatic nitrogens is 2. The van der Waals surface area contributed by atoms with Crippen LogP contribution in [0.3, 0.4) is 0 Å². The number of ether oxygens (including phenoxy) is 1. The number of aryl methyl sites for hydroxylation is 1. The third kappa shape index (κ3) is 3.10. The van der Waals surface area contributed by atoms with Gasteiger partial charge in [-0.15, -0.1) is 0 Å². The van der Waals surface area contributed by atoms with Crippen molar-refractivity contribution < 1.29 is 14.3 Å². The second-order valence-corrected chi connectivity index (χ2v) is 4.87. The van der Waals surface area contributed by atoms with Crippen molar-refractivity contribution in [1.82, 2.24) is 9.78 Å². The summed E-state index contributed by atoms with van der Waals surface area (Å²) in [6.07, 6.45) is 4.73. The lowest BCUT2D eigenvalue weighted by Crippen LogP contribution is -2.12. The van der Waals surface area contributed by atoms with Crippen molar-refractivity contribution in [3.63, 3.8) is 0 Å². The minimum atomic E-state index is -0.304. The molecule has 1 N–H and O–H groups in total. The molecular formula is C15H15N3O3. The zero-order valence-electron chi connectivity index (χ0n) is 11.4. The number of anilines is 1. The third-order valence-electron chi connectivity index (χ3n) is 3.32. The first-order valence-electron chi connectivity index (χ1n) is 6.80. The number of esters is 1. The molecule has 0 fully saturated rings. The summed E-state index contributed by atoms with van der Waals surface area (Å²) in [6, 6.07) is 7.04. The van der Waals surface area contributed by atoms with E-state index in [4.69, 9.17) is 4.74 Å². The Labute approximate surface area is 121 Å². The van der Waals surface area contributed by atoms with Crippen LogP contribution >= 0.6 is 0 Å². The first-order valence-corrected chi connectivity index (χ1v) is 6.80. The quantitative estimate of drug-likeness (QED) is 0.852. The summed E-state index contributed by atoms with van der Waals surface area (Å²) < 4.78 is 6.73. The topological polar surface area (TPSA) is 73.2 Å². The largest absolute Gasteiger partial charge is 0.457 e. The summed E-state index contributed by atoms with van der Waals surface area (Å²) in [5.74, 6) is -0.352. The molecule has 21 heavy (non-hydrogen) atoms. The number of rotatable bonds is 5. The van der Waals surface area contributed by atoms with Gasteiger partial charge < -0.3 is 10.1 Å². The molecule has 1 aromatic carbocycles. The zero-order chi connectivity index (χ0) is 14.7. The van der Waals surface area contributed by atoms with Gasteiger partial charge in [0.2, 0.25) is 5.91 Å². The van der Waals surface area contributed by atoms with Crippen molar-refractivity contribution in [1.29, 1.82) is 0 Å². The van der Waals surface area contributed by atoms with Crippen LogP contribution in [-0.4, -0.2) is 21.7 Å². The SMILES string of the molecule is O=C(CCCn1cccn1)Nc1ccc2c(c1)COC2=O. The second kappa shape index (κ2) is 5.78. The molecule has 6 nitrogen and oxygen atoms in total. The van der Waals surface area contributed by atoms with Crippen molar-refractivity contribution >= 4 is 17.6 Å². The number of amides is 1. The van der Waals surface area contributed by atoms with Crippen molar-refractivity contribution in [3.05, 3.63) is 47.8 Å². The molecule has 3 rings (SSSR count). The number of fused-ring (bicyclic) bond motifs is 1. The molecule has 0 spiro atoms. The molecule has 0 aliphatic carbocycles. The van der Waals surface area contributed by atoms with Gasteiger partial charge in [-0.25, -0.2) is 4.79 Å². The van der Waals surface area contributed by atoms with E-state index < -0.39 is 0 Å². The Morgan fingerprint density at radius 3 is 3.14 bits per heavy atom. The van der Waals surface area contributed by atoms with E-state index in [-0.39, 0.29) is 18.5 Å². The van der Waals surface area contributed by atoms with E-state index in [1.165, 1.54) is 0 Å². The fraction of sp³-hybridized carbons (Fsp3) is 0.267. The normalized spacial score (nSPS) is 12.9. The molecule has 1 aromatic heterocycles. The maximum Gasteiger partial charge on any atom is 0.338 e. The van der Waals surface area contributed by atoms with Gasteiger partial charge >= 0.3 is 5.97 Å². The highest BCUT2D eigenvalue weighted by molar-refractivity contribution is 5.95. The molecule has 0 bridgehead atoms.